The Morgan fingerprint density at radius 3 is 2.74 bits per heavy atom. The number of pyridine rings is 1. The number of aromatic nitrogens is 3. The number of benzene rings is 2. The van der Waals surface area contributed by atoms with Gasteiger partial charge < -0.3 is 21.1 Å². The van der Waals surface area contributed by atoms with Gasteiger partial charge in [0.1, 0.15) is 24.0 Å². The third kappa shape index (κ3) is 5.23. The summed E-state index contributed by atoms with van der Waals surface area (Å²) in [6.45, 7) is 3.59. The number of anilines is 3. The minimum absolute atomic E-state index is 0.324. The first-order chi connectivity index (χ1) is 15.1. The Bertz CT molecular complexity index is 1180. The fourth-order valence-corrected chi connectivity index (χ4v) is 3.06. The van der Waals surface area contributed by atoms with Crippen molar-refractivity contribution >= 4 is 28.4 Å². The molecule has 158 valence electrons. The number of nitrogens with zero attached hydrogens (tertiary/aromatic N) is 3. The number of hydrogen-bond donors (Lipinski definition) is 3. The summed E-state index contributed by atoms with van der Waals surface area (Å²) in [5.41, 5.74) is 8.74. The third-order valence-electron chi connectivity index (χ3n) is 4.63. The Hall–Kier alpha value is -3.78. The molecule has 2 aromatic heterocycles. The summed E-state index contributed by atoms with van der Waals surface area (Å²) in [7, 11) is 0. The molecule has 4 N–H and O–H groups in total. The van der Waals surface area contributed by atoms with Gasteiger partial charge in [-0.3, -0.25) is 0 Å². The molecular formula is C23H23FN6O. The minimum Gasteiger partial charge on any atom is -0.488 e. The second kappa shape index (κ2) is 9.36. The van der Waals surface area contributed by atoms with Crippen molar-refractivity contribution in [2.45, 2.75) is 13.5 Å². The number of aryl methyl sites for hydroxylation is 1. The van der Waals surface area contributed by atoms with Crippen molar-refractivity contribution in [1.82, 2.24) is 15.0 Å². The van der Waals surface area contributed by atoms with Crippen molar-refractivity contribution in [3.8, 4) is 5.75 Å². The first-order valence-corrected chi connectivity index (χ1v) is 9.92. The van der Waals surface area contributed by atoms with Crippen molar-refractivity contribution < 1.29 is 9.13 Å². The number of hydrogen-bond acceptors (Lipinski definition) is 7. The summed E-state index contributed by atoms with van der Waals surface area (Å²) >= 11 is 0. The molecule has 0 aliphatic rings. The largest absolute Gasteiger partial charge is 0.488 e. The van der Waals surface area contributed by atoms with Crippen molar-refractivity contribution in [2.24, 2.45) is 5.73 Å². The normalized spacial score (nSPS) is 10.8. The van der Waals surface area contributed by atoms with Crippen LogP contribution in [0.2, 0.25) is 0 Å². The van der Waals surface area contributed by atoms with E-state index in [-0.39, 0.29) is 5.82 Å². The molecule has 0 spiro atoms. The van der Waals surface area contributed by atoms with E-state index in [9.17, 15) is 4.39 Å². The number of nitrogens with two attached hydrogens (primary N) is 1. The number of ether oxygens (including phenoxy) is 1. The minimum atomic E-state index is -0.324. The van der Waals surface area contributed by atoms with E-state index < -0.39 is 0 Å². The van der Waals surface area contributed by atoms with Gasteiger partial charge in [0, 0.05) is 48.2 Å². The van der Waals surface area contributed by atoms with Crippen LogP contribution in [0.3, 0.4) is 0 Å². The molecule has 0 aliphatic carbocycles. The quantitative estimate of drug-likeness (QED) is 0.395. The van der Waals surface area contributed by atoms with Crippen LogP contribution in [0.1, 0.15) is 11.1 Å². The third-order valence-corrected chi connectivity index (χ3v) is 4.63. The number of halogens is 1. The zero-order valence-corrected chi connectivity index (χ0v) is 17.1. The lowest BCUT2D eigenvalue weighted by Gasteiger charge is -2.12. The summed E-state index contributed by atoms with van der Waals surface area (Å²) in [6, 6.07) is 13.9. The lowest BCUT2D eigenvalue weighted by Crippen LogP contribution is -2.13. The van der Waals surface area contributed by atoms with Crippen LogP contribution in [-0.4, -0.2) is 28.0 Å². The van der Waals surface area contributed by atoms with Crippen LogP contribution in [0.5, 0.6) is 5.75 Å². The predicted octanol–water partition coefficient (Wildman–Crippen LogP) is 4.17. The van der Waals surface area contributed by atoms with E-state index in [4.69, 9.17) is 10.5 Å². The van der Waals surface area contributed by atoms with Gasteiger partial charge >= 0.3 is 0 Å². The van der Waals surface area contributed by atoms with Gasteiger partial charge in [0.15, 0.2) is 0 Å². The van der Waals surface area contributed by atoms with Crippen molar-refractivity contribution in [3.05, 3.63) is 77.9 Å². The topological polar surface area (TPSA) is 98.0 Å². The van der Waals surface area contributed by atoms with Crippen molar-refractivity contribution in [3.63, 3.8) is 0 Å². The van der Waals surface area contributed by atoms with Crippen LogP contribution >= 0.6 is 0 Å². The van der Waals surface area contributed by atoms with Crippen LogP contribution < -0.4 is 21.1 Å². The number of fused-ring (bicyclic) bond motifs is 1. The Morgan fingerprint density at radius 1 is 1.06 bits per heavy atom. The zero-order valence-electron chi connectivity index (χ0n) is 17.1. The highest BCUT2D eigenvalue weighted by Crippen LogP contribution is 2.26. The maximum absolute atomic E-state index is 13.4. The van der Waals surface area contributed by atoms with Crippen LogP contribution in [-0.2, 0) is 6.61 Å². The molecule has 0 aliphatic heterocycles. The molecule has 0 amide bonds. The van der Waals surface area contributed by atoms with E-state index in [1.54, 1.807) is 24.5 Å². The molecule has 4 rings (SSSR count). The summed E-state index contributed by atoms with van der Waals surface area (Å²) in [6.07, 6.45) is 3.51. The number of rotatable bonds is 8. The fourth-order valence-electron chi connectivity index (χ4n) is 3.06. The highest BCUT2D eigenvalue weighted by Gasteiger charge is 2.08. The summed E-state index contributed by atoms with van der Waals surface area (Å²) < 4.78 is 19.4. The van der Waals surface area contributed by atoms with Gasteiger partial charge in [0.25, 0.3) is 0 Å². The van der Waals surface area contributed by atoms with E-state index in [0.717, 1.165) is 33.6 Å². The molecule has 0 unspecified atom stereocenters. The van der Waals surface area contributed by atoms with Gasteiger partial charge in [0.05, 0.1) is 5.52 Å². The Kier molecular flexibility index (Phi) is 6.18. The Balaban J connectivity index is 1.49. The summed E-state index contributed by atoms with van der Waals surface area (Å²) in [4.78, 5) is 13.2. The molecule has 0 atom stereocenters. The van der Waals surface area contributed by atoms with E-state index in [0.29, 0.717) is 31.3 Å². The average Bonchev–Trinajstić information content (AvgIpc) is 2.77. The predicted molar refractivity (Wildman–Crippen MR) is 120 cm³/mol. The molecule has 0 bridgehead atoms. The van der Waals surface area contributed by atoms with Gasteiger partial charge in [-0.2, -0.15) is 0 Å². The highest BCUT2D eigenvalue weighted by molar-refractivity contribution is 5.81. The average molecular weight is 418 g/mol. The van der Waals surface area contributed by atoms with Crippen molar-refractivity contribution in [2.75, 3.05) is 23.7 Å². The molecular weight excluding hydrogens is 395 g/mol. The Labute approximate surface area is 179 Å². The van der Waals surface area contributed by atoms with Gasteiger partial charge in [-0.1, -0.05) is 12.1 Å². The van der Waals surface area contributed by atoms with Crippen molar-refractivity contribution in [1.29, 1.82) is 0 Å². The van der Waals surface area contributed by atoms with Gasteiger partial charge in [-0.15, -0.1) is 0 Å². The second-order valence-corrected chi connectivity index (χ2v) is 7.06. The van der Waals surface area contributed by atoms with Gasteiger partial charge in [0.2, 0.25) is 5.95 Å². The zero-order chi connectivity index (χ0) is 21.6. The molecule has 2 aromatic carbocycles. The highest BCUT2D eigenvalue weighted by atomic mass is 19.1. The Morgan fingerprint density at radius 2 is 1.97 bits per heavy atom. The standard InChI is InChI=1S/C23H23FN6O/c1-15-9-17-13-28-23(29-19-4-2-3-18(24)10-19)30-20(17)11-21(15)31-14-16-5-6-22(27-12-16)26-8-7-25/h2-6,9-13H,7-8,14,25H2,1H3,(H,26,27)(H,28,29,30). The second-order valence-electron chi connectivity index (χ2n) is 7.06. The molecule has 0 radical (unpaired) electrons. The summed E-state index contributed by atoms with van der Waals surface area (Å²) in [5.74, 6) is 1.58. The molecule has 0 fully saturated rings. The lowest BCUT2D eigenvalue weighted by atomic mass is 10.1. The monoisotopic (exact) mass is 418 g/mol. The molecule has 4 aromatic rings. The van der Waals surface area contributed by atoms with Crippen LogP contribution in [0.25, 0.3) is 10.9 Å². The van der Waals surface area contributed by atoms with Crippen LogP contribution in [0.15, 0.2) is 60.9 Å². The number of nitrogens with one attached hydrogen (secondary N) is 2. The van der Waals surface area contributed by atoms with E-state index >= 15 is 0 Å². The summed E-state index contributed by atoms with van der Waals surface area (Å²) in [5, 5.41) is 7.05. The molecule has 2 heterocycles. The molecule has 8 heteroatoms. The SMILES string of the molecule is Cc1cc2cnc(Nc3cccc(F)c3)nc2cc1OCc1ccc(NCCN)nc1. The van der Waals surface area contributed by atoms with E-state index in [1.165, 1.54) is 12.1 Å². The van der Waals surface area contributed by atoms with E-state index in [1.807, 2.05) is 31.2 Å². The smallest absolute Gasteiger partial charge is 0.227 e. The lowest BCUT2D eigenvalue weighted by molar-refractivity contribution is 0.304. The molecule has 7 nitrogen and oxygen atoms in total. The fraction of sp³-hybridized carbons (Fsp3) is 0.174. The maximum atomic E-state index is 13.4. The van der Waals surface area contributed by atoms with Crippen LogP contribution in [0.4, 0.5) is 21.8 Å². The molecule has 0 saturated heterocycles. The van der Waals surface area contributed by atoms with E-state index in [2.05, 4.69) is 25.6 Å². The van der Waals surface area contributed by atoms with Gasteiger partial charge in [-0.25, -0.2) is 19.3 Å². The molecule has 0 saturated carbocycles. The van der Waals surface area contributed by atoms with Crippen LogP contribution in [0, 0.1) is 12.7 Å². The molecule has 31 heavy (non-hydrogen) atoms. The van der Waals surface area contributed by atoms with Gasteiger partial charge in [-0.05, 0) is 42.8 Å². The first-order valence-electron chi connectivity index (χ1n) is 9.92. The maximum Gasteiger partial charge on any atom is 0.227 e. The first kappa shape index (κ1) is 20.5.